The molecular formula is C34H52N4O15. The zero-order valence-corrected chi connectivity index (χ0v) is 31.0. The highest BCUT2D eigenvalue weighted by molar-refractivity contribution is 5.81. The Morgan fingerprint density at radius 2 is 1.74 bits per heavy atom. The van der Waals surface area contributed by atoms with Crippen LogP contribution >= 0.6 is 0 Å². The molecule has 298 valence electrons. The lowest BCUT2D eigenvalue weighted by Crippen LogP contribution is -2.58. The molecule has 19 heteroatoms. The average Bonchev–Trinajstić information content (AvgIpc) is 3.12. The number of rotatable bonds is 18. The minimum Gasteiger partial charge on any atom is -0.463 e. The van der Waals surface area contributed by atoms with Crippen LogP contribution in [-0.2, 0) is 61.9 Å². The van der Waals surface area contributed by atoms with Gasteiger partial charge in [0, 0.05) is 79.5 Å². The van der Waals surface area contributed by atoms with Gasteiger partial charge in [0.25, 0.3) is 5.56 Å². The second-order valence-corrected chi connectivity index (χ2v) is 13.0. The standard InChI is InChI=1S/C34H52N4O15/c1-20-15-38(33(45)36-31(20)44)27-16-37(18-34(6,53-27)19-49-28(43)10-9-26(42)35-7)11-8-12-46-13-14-47-32-21(2)29(50-23(4)40)30(51-24(5)41)25(52-32)17-48-22(3)39/h15,21,25,27,29-30,32H,8-14,16-19H2,1-7H3,(H,35,42)(H,36,44,45)/t21-,25-,27-,29-,30+,32-,34-/m1/s1/i6D. The number of amides is 1. The van der Waals surface area contributed by atoms with Gasteiger partial charge in [0.2, 0.25) is 5.91 Å². The van der Waals surface area contributed by atoms with Crippen LogP contribution in [0.2, 0.25) is 0 Å². The van der Waals surface area contributed by atoms with Gasteiger partial charge in [-0.1, -0.05) is 6.92 Å². The Balaban J connectivity index is 1.60. The van der Waals surface area contributed by atoms with Crippen molar-refractivity contribution in [3.63, 3.8) is 0 Å². The SMILES string of the molecule is [2H]C[C@]1(COC(=O)CCC(=O)NC)CN(CCCOCCO[C@@H]2O[C@H](COC(C)=O)[C@H](OC(C)=O)[C@H](OC(C)=O)[C@H]2C)C[C@H](n2cc(C)c(=O)[nH]c2=O)O1. The van der Waals surface area contributed by atoms with Crippen LogP contribution in [0.4, 0.5) is 0 Å². The molecule has 1 amide bonds. The number of carbonyl (C=O) groups excluding carboxylic acids is 5. The lowest BCUT2D eigenvalue weighted by atomic mass is 9.92. The highest BCUT2D eigenvalue weighted by Gasteiger charge is 2.49. The van der Waals surface area contributed by atoms with Crippen LogP contribution in [0.3, 0.4) is 0 Å². The van der Waals surface area contributed by atoms with E-state index in [0.717, 1.165) is 0 Å². The van der Waals surface area contributed by atoms with E-state index in [4.69, 9.17) is 39.3 Å². The fourth-order valence-electron chi connectivity index (χ4n) is 5.86. The number of nitrogens with zero attached hydrogens (tertiary/aromatic N) is 2. The van der Waals surface area contributed by atoms with Crippen LogP contribution in [0.1, 0.15) is 67.0 Å². The van der Waals surface area contributed by atoms with Crippen LogP contribution < -0.4 is 16.6 Å². The molecule has 1 aromatic rings. The summed E-state index contributed by atoms with van der Waals surface area (Å²) in [5, 5.41) is 2.43. The third kappa shape index (κ3) is 13.6. The zero-order valence-electron chi connectivity index (χ0n) is 32.0. The molecular weight excluding hydrogens is 704 g/mol. The average molecular weight is 758 g/mol. The summed E-state index contributed by atoms with van der Waals surface area (Å²) in [4.78, 5) is 88.2. The van der Waals surface area contributed by atoms with E-state index in [0.29, 0.717) is 13.0 Å². The Morgan fingerprint density at radius 3 is 2.40 bits per heavy atom. The number of ether oxygens (including phenoxy) is 8. The largest absolute Gasteiger partial charge is 0.463 e. The highest BCUT2D eigenvalue weighted by atomic mass is 16.7. The molecule has 0 aliphatic carbocycles. The molecule has 53 heavy (non-hydrogen) atoms. The number of morpholine rings is 1. The molecule has 3 rings (SSSR count). The van der Waals surface area contributed by atoms with Crippen molar-refractivity contribution in [2.45, 2.75) is 97.2 Å². The maximum Gasteiger partial charge on any atom is 0.330 e. The quantitative estimate of drug-likeness (QED) is 0.111. The lowest BCUT2D eigenvalue weighted by Gasteiger charge is -2.44. The van der Waals surface area contributed by atoms with E-state index in [1.807, 2.05) is 4.90 Å². The number of esters is 4. The molecule has 2 saturated heterocycles. The number of aryl methyl sites for hydroxylation is 1. The van der Waals surface area contributed by atoms with Gasteiger partial charge >= 0.3 is 29.6 Å². The molecule has 2 aliphatic rings. The van der Waals surface area contributed by atoms with E-state index < -0.39 is 77.5 Å². The first kappa shape index (κ1) is 41.6. The summed E-state index contributed by atoms with van der Waals surface area (Å²) in [6.07, 6.45) is -3.16. The number of carbonyl (C=O) groups is 5. The van der Waals surface area contributed by atoms with Crippen molar-refractivity contribution < 1.29 is 63.2 Å². The Labute approximate surface area is 308 Å². The van der Waals surface area contributed by atoms with Gasteiger partial charge in [-0.25, -0.2) is 4.79 Å². The van der Waals surface area contributed by atoms with E-state index in [9.17, 15) is 33.6 Å². The summed E-state index contributed by atoms with van der Waals surface area (Å²) in [5.74, 6) is -3.36. The van der Waals surface area contributed by atoms with E-state index >= 15 is 0 Å². The number of nitrogens with one attached hydrogen (secondary N) is 2. The summed E-state index contributed by atoms with van der Waals surface area (Å²) < 4.78 is 54.9. The van der Waals surface area contributed by atoms with Crippen LogP contribution in [0, 0.1) is 12.8 Å². The van der Waals surface area contributed by atoms with Crippen LogP contribution in [0.25, 0.3) is 0 Å². The third-order valence-corrected chi connectivity index (χ3v) is 8.37. The summed E-state index contributed by atoms with van der Waals surface area (Å²) in [6.45, 7) is 7.33. The van der Waals surface area contributed by atoms with E-state index in [1.54, 1.807) is 13.8 Å². The maximum atomic E-state index is 12.8. The van der Waals surface area contributed by atoms with Gasteiger partial charge in [0.15, 0.2) is 18.6 Å². The summed E-state index contributed by atoms with van der Waals surface area (Å²) >= 11 is 0. The first-order valence-electron chi connectivity index (χ1n) is 18.0. The second kappa shape index (κ2) is 20.3. The molecule has 0 bridgehead atoms. The normalized spacial score (nSPS) is 26.2. The van der Waals surface area contributed by atoms with E-state index in [2.05, 4.69) is 10.3 Å². The highest BCUT2D eigenvalue weighted by Crippen LogP contribution is 2.32. The zero-order chi connectivity index (χ0) is 40.0. The van der Waals surface area contributed by atoms with Gasteiger partial charge in [-0.2, -0.15) is 0 Å². The van der Waals surface area contributed by atoms with Crippen molar-refractivity contribution in [1.29, 1.82) is 0 Å². The van der Waals surface area contributed by atoms with Crippen LogP contribution in [0.5, 0.6) is 0 Å². The molecule has 7 atom stereocenters. The smallest absolute Gasteiger partial charge is 0.330 e. The van der Waals surface area contributed by atoms with E-state index in [1.165, 1.54) is 38.6 Å². The van der Waals surface area contributed by atoms with Crippen molar-refractivity contribution in [2.24, 2.45) is 5.92 Å². The fourth-order valence-corrected chi connectivity index (χ4v) is 5.86. The number of H-pyrrole nitrogens is 1. The van der Waals surface area contributed by atoms with Gasteiger partial charge < -0.3 is 43.2 Å². The molecule has 19 nitrogen and oxygen atoms in total. The van der Waals surface area contributed by atoms with Gasteiger partial charge in [0.1, 0.15) is 31.0 Å². The number of aromatic amines is 1. The van der Waals surface area contributed by atoms with Crippen molar-refractivity contribution in [3.05, 3.63) is 32.6 Å². The Bertz CT molecular complexity index is 1570. The number of aromatic nitrogens is 2. The first-order valence-corrected chi connectivity index (χ1v) is 17.3. The molecule has 1 aromatic heterocycles. The Hall–Kier alpha value is -4.17. The first-order chi connectivity index (χ1) is 25.6. The van der Waals surface area contributed by atoms with Crippen molar-refractivity contribution in [1.82, 2.24) is 19.8 Å². The van der Waals surface area contributed by atoms with Gasteiger partial charge in [0.05, 0.1) is 19.6 Å². The van der Waals surface area contributed by atoms with Crippen molar-refractivity contribution >= 4 is 29.8 Å². The second-order valence-electron chi connectivity index (χ2n) is 13.0. The van der Waals surface area contributed by atoms with Crippen molar-refractivity contribution in [3.8, 4) is 0 Å². The van der Waals surface area contributed by atoms with Gasteiger partial charge in [-0.3, -0.25) is 43.2 Å². The number of hydrogen-bond donors (Lipinski definition) is 2. The monoisotopic (exact) mass is 757 g/mol. The van der Waals surface area contributed by atoms with Crippen LogP contribution in [0.15, 0.2) is 15.8 Å². The topological polar surface area (TPSA) is 229 Å². The number of hydrogen-bond acceptors (Lipinski definition) is 16. The van der Waals surface area contributed by atoms with Gasteiger partial charge in [-0.05, 0) is 20.2 Å². The van der Waals surface area contributed by atoms with Crippen LogP contribution in [-0.4, -0.2) is 134 Å². The molecule has 2 fully saturated rings. The Morgan fingerprint density at radius 1 is 1.02 bits per heavy atom. The lowest BCUT2D eigenvalue weighted by molar-refractivity contribution is -0.290. The van der Waals surface area contributed by atoms with Crippen molar-refractivity contribution in [2.75, 3.05) is 59.7 Å². The molecule has 0 radical (unpaired) electrons. The maximum absolute atomic E-state index is 12.8. The minimum absolute atomic E-state index is 0.0649. The molecule has 0 aromatic carbocycles. The predicted octanol–water partition coefficient (Wildman–Crippen LogP) is -0.285. The third-order valence-electron chi connectivity index (χ3n) is 8.37. The molecule has 0 spiro atoms. The summed E-state index contributed by atoms with van der Waals surface area (Å²) in [5.41, 5.74) is -2.28. The molecule has 3 heterocycles. The predicted molar refractivity (Wildman–Crippen MR) is 182 cm³/mol. The van der Waals surface area contributed by atoms with Gasteiger partial charge in [-0.15, -0.1) is 0 Å². The molecule has 0 unspecified atom stereocenters. The Kier molecular flexibility index (Phi) is 16.0. The summed E-state index contributed by atoms with van der Waals surface area (Å²) in [6, 6.07) is 0. The molecule has 0 saturated carbocycles. The molecule has 2 aliphatic heterocycles. The minimum atomic E-state index is -1.33. The summed E-state index contributed by atoms with van der Waals surface area (Å²) in [7, 11) is 1.46. The fraction of sp³-hybridized carbons (Fsp3) is 0.735. The van der Waals surface area contributed by atoms with E-state index in [-0.39, 0.29) is 77.3 Å². The molecule has 2 N–H and O–H groups in total.